The minimum atomic E-state index is -0.210. The number of aliphatic hydroxyl groups is 1. The van der Waals surface area contributed by atoms with E-state index < -0.39 is 0 Å². The smallest absolute Gasteiger partial charge is 0.120 e. The standard InChI is InChI=1S/C26H34Cl2N2O3/c1-3-4-5-22(31)17-30-14-12-19(13-15-30)18-33-23-10-11-24(25(28)16-23)26(29-32-2)20-6-8-21(27)9-7-20/h6-11,16,19,22,31H,3-5,12-15,17-18H2,1-2H3/b29-26+/t22-/m0/s1. The summed E-state index contributed by atoms with van der Waals surface area (Å²) in [5, 5.41) is 15.5. The number of nitrogens with zero attached hydrogens (tertiary/aromatic N) is 2. The number of β-amino-alcohol motifs (C(OH)–C–C–N with tert-alkyl or cyclic N) is 1. The predicted molar refractivity (Wildman–Crippen MR) is 136 cm³/mol. The SMILES string of the molecule is CCCC[C@H](O)CN1CCC(COc2ccc(/C(=N/OC)c3ccc(Cl)cc3)c(Cl)c2)CC1. The lowest BCUT2D eigenvalue weighted by atomic mass is 9.97. The van der Waals surface area contributed by atoms with Crippen LogP contribution in [0, 0.1) is 5.92 Å². The molecule has 0 saturated carbocycles. The van der Waals surface area contributed by atoms with E-state index in [-0.39, 0.29) is 6.10 Å². The highest BCUT2D eigenvalue weighted by molar-refractivity contribution is 6.35. The van der Waals surface area contributed by atoms with Crippen LogP contribution in [0.15, 0.2) is 47.6 Å². The Morgan fingerprint density at radius 1 is 1.15 bits per heavy atom. The number of ether oxygens (including phenoxy) is 1. The van der Waals surface area contributed by atoms with Crippen LogP contribution in [-0.2, 0) is 4.84 Å². The number of unbranched alkanes of at least 4 members (excludes halogenated alkanes) is 1. The maximum atomic E-state index is 10.2. The molecule has 2 aromatic carbocycles. The minimum Gasteiger partial charge on any atom is -0.493 e. The van der Waals surface area contributed by atoms with E-state index in [1.165, 1.54) is 7.11 Å². The first-order valence-electron chi connectivity index (χ1n) is 11.7. The molecule has 1 N–H and O–H groups in total. The van der Waals surface area contributed by atoms with Crippen molar-refractivity contribution in [3.63, 3.8) is 0 Å². The number of hydrogen-bond donors (Lipinski definition) is 1. The molecule has 0 amide bonds. The number of rotatable bonds is 11. The molecule has 1 aliphatic rings. The molecule has 7 heteroatoms. The third kappa shape index (κ3) is 7.89. The number of piperidine rings is 1. The summed E-state index contributed by atoms with van der Waals surface area (Å²) >= 11 is 12.6. The van der Waals surface area contributed by atoms with Gasteiger partial charge in [0.1, 0.15) is 18.6 Å². The van der Waals surface area contributed by atoms with Crippen LogP contribution < -0.4 is 4.74 Å². The van der Waals surface area contributed by atoms with Crippen LogP contribution >= 0.6 is 23.2 Å². The highest BCUT2D eigenvalue weighted by atomic mass is 35.5. The first-order chi connectivity index (χ1) is 16.0. The fraction of sp³-hybridized carbons (Fsp3) is 0.500. The molecule has 0 spiro atoms. The van der Waals surface area contributed by atoms with Crippen molar-refractivity contribution < 1.29 is 14.7 Å². The molecule has 1 heterocycles. The Bertz CT molecular complexity index is 897. The predicted octanol–water partition coefficient (Wildman–Crippen LogP) is 6.03. The normalized spacial score (nSPS) is 16.6. The van der Waals surface area contributed by atoms with E-state index >= 15 is 0 Å². The van der Waals surface area contributed by atoms with E-state index in [0.717, 1.165) is 68.6 Å². The molecule has 0 radical (unpaired) electrons. The van der Waals surface area contributed by atoms with Crippen molar-refractivity contribution in [1.29, 1.82) is 0 Å². The van der Waals surface area contributed by atoms with Gasteiger partial charge in [-0.25, -0.2) is 0 Å². The van der Waals surface area contributed by atoms with Gasteiger partial charge in [-0.05, 0) is 68.6 Å². The lowest BCUT2D eigenvalue weighted by molar-refractivity contribution is 0.0738. The van der Waals surface area contributed by atoms with Crippen LogP contribution in [0.5, 0.6) is 5.75 Å². The molecule has 0 aromatic heterocycles. The molecule has 0 unspecified atom stereocenters. The van der Waals surface area contributed by atoms with Gasteiger partial charge < -0.3 is 19.6 Å². The van der Waals surface area contributed by atoms with Crippen molar-refractivity contribution >= 4 is 28.9 Å². The minimum absolute atomic E-state index is 0.210. The molecule has 1 aliphatic heterocycles. The van der Waals surface area contributed by atoms with Gasteiger partial charge in [0.25, 0.3) is 0 Å². The number of halogens is 2. The molecule has 1 fully saturated rings. The fourth-order valence-electron chi connectivity index (χ4n) is 4.11. The number of hydrogen-bond acceptors (Lipinski definition) is 5. The number of benzene rings is 2. The highest BCUT2D eigenvalue weighted by Gasteiger charge is 2.22. The van der Waals surface area contributed by atoms with Gasteiger partial charge in [-0.1, -0.05) is 60.3 Å². The molecule has 1 saturated heterocycles. The topological polar surface area (TPSA) is 54.3 Å². The Labute approximate surface area is 207 Å². The molecular weight excluding hydrogens is 459 g/mol. The number of likely N-dealkylation sites (tertiary alicyclic amines) is 1. The van der Waals surface area contributed by atoms with Gasteiger partial charge in [-0.3, -0.25) is 0 Å². The maximum absolute atomic E-state index is 10.2. The molecule has 5 nitrogen and oxygen atoms in total. The van der Waals surface area contributed by atoms with E-state index in [4.69, 9.17) is 32.8 Å². The zero-order valence-electron chi connectivity index (χ0n) is 19.5. The van der Waals surface area contributed by atoms with Crippen molar-refractivity contribution in [2.45, 2.75) is 45.1 Å². The van der Waals surface area contributed by atoms with Crippen molar-refractivity contribution in [1.82, 2.24) is 4.90 Å². The molecule has 3 rings (SSSR count). The summed E-state index contributed by atoms with van der Waals surface area (Å²) < 4.78 is 6.07. The fourth-order valence-corrected chi connectivity index (χ4v) is 4.50. The largest absolute Gasteiger partial charge is 0.493 e. The van der Waals surface area contributed by atoms with E-state index in [0.29, 0.717) is 28.3 Å². The van der Waals surface area contributed by atoms with E-state index in [1.54, 1.807) is 0 Å². The van der Waals surface area contributed by atoms with E-state index in [9.17, 15) is 5.11 Å². The van der Waals surface area contributed by atoms with Crippen molar-refractivity contribution in [2.24, 2.45) is 11.1 Å². The van der Waals surface area contributed by atoms with Gasteiger partial charge in [0.05, 0.1) is 17.7 Å². The molecular formula is C26H34Cl2N2O3. The van der Waals surface area contributed by atoms with E-state index in [2.05, 4.69) is 17.0 Å². The van der Waals surface area contributed by atoms with Gasteiger partial charge in [-0.15, -0.1) is 0 Å². The van der Waals surface area contributed by atoms with E-state index in [1.807, 2.05) is 42.5 Å². The first kappa shape index (κ1) is 25.8. The van der Waals surface area contributed by atoms with Gasteiger partial charge in [-0.2, -0.15) is 0 Å². The summed E-state index contributed by atoms with van der Waals surface area (Å²) in [7, 11) is 1.51. The number of aliphatic hydroxyl groups excluding tert-OH is 1. The third-order valence-corrected chi connectivity index (χ3v) is 6.61. The van der Waals surface area contributed by atoms with Crippen LogP contribution in [0.25, 0.3) is 0 Å². The summed E-state index contributed by atoms with van der Waals surface area (Å²) in [5.74, 6) is 1.25. The summed E-state index contributed by atoms with van der Waals surface area (Å²) in [6, 6.07) is 13.0. The van der Waals surface area contributed by atoms with Crippen LogP contribution in [0.4, 0.5) is 0 Å². The van der Waals surface area contributed by atoms with Gasteiger partial charge >= 0.3 is 0 Å². The van der Waals surface area contributed by atoms with Gasteiger partial charge in [0.15, 0.2) is 0 Å². The van der Waals surface area contributed by atoms with Crippen LogP contribution in [-0.4, -0.2) is 55.2 Å². The molecule has 0 bridgehead atoms. The molecule has 33 heavy (non-hydrogen) atoms. The highest BCUT2D eigenvalue weighted by Crippen LogP contribution is 2.27. The van der Waals surface area contributed by atoms with Crippen molar-refractivity contribution in [3.05, 3.63) is 63.6 Å². The zero-order valence-corrected chi connectivity index (χ0v) is 21.0. The third-order valence-electron chi connectivity index (χ3n) is 6.05. The van der Waals surface area contributed by atoms with Gasteiger partial charge in [0.2, 0.25) is 0 Å². The molecule has 1 atom stereocenters. The molecule has 2 aromatic rings. The maximum Gasteiger partial charge on any atom is 0.120 e. The Morgan fingerprint density at radius 3 is 2.52 bits per heavy atom. The lowest BCUT2D eigenvalue weighted by Gasteiger charge is -2.33. The Morgan fingerprint density at radius 2 is 1.88 bits per heavy atom. The van der Waals surface area contributed by atoms with Crippen LogP contribution in [0.2, 0.25) is 10.0 Å². The van der Waals surface area contributed by atoms with Crippen molar-refractivity contribution in [3.8, 4) is 5.75 Å². The second kappa shape index (κ2) is 13.2. The van der Waals surface area contributed by atoms with Crippen molar-refractivity contribution in [2.75, 3.05) is 33.4 Å². The Hall–Kier alpha value is -1.79. The van der Waals surface area contributed by atoms with Crippen LogP contribution in [0.3, 0.4) is 0 Å². The quantitative estimate of drug-likeness (QED) is 0.307. The monoisotopic (exact) mass is 492 g/mol. The Balaban J connectivity index is 1.53. The zero-order chi connectivity index (χ0) is 23.6. The molecule has 0 aliphatic carbocycles. The number of oxime groups is 1. The average molecular weight is 493 g/mol. The lowest BCUT2D eigenvalue weighted by Crippen LogP contribution is -2.40. The summed E-state index contributed by atoms with van der Waals surface area (Å²) in [5.41, 5.74) is 2.27. The summed E-state index contributed by atoms with van der Waals surface area (Å²) in [6.45, 7) is 5.62. The molecule has 180 valence electrons. The van der Waals surface area contributed by atoms with Crippen LogP contribution in [0.1, 0.15) is 50.2 Å². The average Bonchev–Trinajstić information content (AvgIpc) is 2.82. The second-order valence-electron chi connectivity index (χ2n) is 8.62. The Kier molecular flexibility index (Phi) is 10.3. The second-order valence-corrected chi connectivity index (χ2v) is 9.47. The summed E-state index contributed by atoms with van der Waals surface area (Å²) in [6.07, 6.45) is 5.05. The van der Waals surface area contributed by atoms with Gasteiger partial charge in [0, 0.05) is 22.7 Å². The first-order valence-corrected chi connectivity index (χ1v) is 12.5. The summed E-state index contributed by atoms with van der Waals surface area (Å²) in [4.78, 5) is 7.42.